The predicted molar refractivity (Wildman–Crippen MR) is 41.6 cm³/mol. The van der Waals surface area contributed by atoms with Crippen LogP contribution in [0, 0.1) is 3.63 Å². The van der Waals surface area contributed by atoms with Crippen molar-refractivity contribution in [2.24, 2.45) is 14.1 Å². The topological polar surface area (TPSA) is 9.86 Å². The van der Waals surface area contributed by atoms with Gasteiger partial charge in [-0.2, -0.15) is 0 Å². The van der Waals surface area contributed by atoms with E-state index in [1.165, 1.54) is 3.63 Å². The number of hydrogen-bond acceptors (Lipinski definition) is 0. The molecule has 0 N–H and O–H groups in total. The second kappa shape index (κ2) is 3.18. The molecule has 0 amide bonds. The van der Waals surface area contributed by atoms with Crippen LogP contribution < -0.4 is 0 Å². The van der Waals surface area contributed by atoms with Gasteiger partial charge in [0.1, 0.15) is 0 Å². The van der Waals surface area contributed by atoms with Crippen molar-refractivity contribution >= 4 is 19.0 Å². The van der Waals surface area contributed by atoms with Crippen molar-refractivity contribution in [3.05, 3.63) is 16.0 Å². The molecule has 0 spiro atoms. The van der Waals surface area contributed by atoms with Crippen LogP contribution in [0.15, 0.2) is 12.4 Å². The van der Waals surface area contributed by atoms with Crippen LogP contribution in [0.5, 0.6) is 0 Å². The minimum absolute atomic E-state index is 0.831. The summed E-state index contributed by atoms with van der Waals surface area (Å²) in [6.45, 7) is 0. The van der Waals surface area contributed by atoms with E-state index in [1.807, 2.05) is 0 Å². The summed E-state index contributed by atoms with van der Waals surface area (Å²) >= 11 is 3.22. The average molecular weight is 331 g/mol. The molecular formula is C5H8AgIN2. The van der Waals surface area contributed by atoms with Gasteiger partial charge in [0.15, 0.2) is 0 Å². The zero-order valence-corrected chi connectivity index (χ0v) is 8.87. The molecule has 9 heavy (non-hydrogen) atoms. The summed E-state index contributed by atoms with van der Waals surface area (Å²) in [7, 11) is 4.14. The van der Waals surface area contributed by atoms with E-state index in [0.717, 1.165) is 15.5 Å². The Bertz CT molecular complexity index is 238. The zero-order valence-electron chi connectivity index (χ0n) is 5.23. The van der Waals surface area contributed by atoms with Crippen molar-refractivity contribution in [2.75, 3.05) is 0 Å². The number of imidazole rings is 1. The zero-order chi connectivity index (χ0) is 6.85. The van der Waals surface area contributed by atoms with Gasteiger partial charge in [-0.1, -0.05) is 0 Å². The van der Waals surface area contributed by atoms with Gasteiger partial charge in [-0.3, -0.25) is 0 Å². The molecule has 1 aromatic rings. The first kappa shape index (κ1) is 7.78. The standard InChI is InChI=1S/C5H8N2.Ag.HI/c1-6-3-4-7(2)5-6;;/h3-4H,1-2H3;;1H/q;+1;/p-1. The number of aryl methyl sites for hydroxylation is 2. The van der Waals surface area contributed by atoms with Gasteiger partial charge in [0.05, 0.1) is 0 Å². The molecule has 1 aromatic heterocycles. The van der Waals surface area contributed by atoms with Crippen LogP contribution in [0.25, 0.3) is 0 Å². The molecule has 56 valence electrons. The quantitative estimate of drug-likeness (QED) is 0.502. The van der Waals surface area contributed by atoms with Crippen LogP contribution in [0.4, 0.5) is 0 Å². The molecule has 0 saturated heterocycles. The van der Waals surface area contributed by atoms with Gasteiger partial charge in [0.25, 0.3) is 0 Å². The maximum absolute atomic E-state index is 2.39. The first-order valence-corrected chi connectivity index (χ1v) is 7.61. The van der Waals surface area contributed by atoms with E-state index in [2.05, 4.69) is 54.6 Å². The summed E-state index contributed by atoms with van der Waals surface area (Å²) in [4.78, 5) is 0. The van der Waals surface area contributed by atoms with Gasteiger partial charge in [0.2, 0.25) is 0 Å². The Morgan fingerprint density at radius 1 is 1.33 bits per heavy atom. The summed E-state index contributed by atoms with van der Waals surface area (Å²) in [6, 6.07) is 0. The number of aromatic nitrogens is 2. The third-order valence-electron chi connectivity index (χ3n) is 1.09. The minimum atomic E-state index is 0.831. The molecule has 2 nitrogen and oxygen atoms in total. The Labute approximate surface area is 73.2 Å². The fourth-order valence-electron chi connectivity index (χ4n) is 0.641. The Kier molecular flexibility index (Phi) is 2.75. The number of rotatable bonds is 0. The molecule has 0 aliphatic carbocycles. The van der Waals surface area contributed by atoms with Crippen LogP contribution in [0.3, 0.4) is 0 Å². The van der Waals surface area contributed by atoms with E-state index in [1.54, 1.807) is 0 Å². The van der Waals surface area contributed by atoms with Crippen LogP contribution in [0.2, 0.25) is 0 Å². The first-order valence-electron chi connectivity index (χ1n) is 2.46. The molecular weight excluding hydrogens is 323 g/mol. The second-order valence-electron chi connectivity index (χ2n) is 1.81. The van der Waals surface area contributed by atoms with Gasteiger partial charge < -0.3 is 0 Å². The van der Waals surface area contributed by atoms with E-state index in [-0.39, 0.29) is 0 Å². The third-order valence-corrected chi connectivity index (χ3v) is 4.11. The summed E-state index contributed by atoms with van der Waals surface area (Å²) in [5.74, 6) is 0. The predicted octanol–water partition coefficient (Wildman–Crippen LogP) is 1.33. The molecule has 1 rings (SSSR count). The molecule has 4 heteroatoms. The summed E-state index contributed by atoms with van der Waals surface area (Å²) in [6.07, 6.45) is 4.14. The summed E-state index contributed by atoms with van der Waals surface area (Å²) in [5, 5.41) is 0. The van der Waals surface area contributed by atoms with Crippen LogP contribution >= 0.6 is 19.0 Å². The normalized spacial score (nSPS) is 10.6. The van der Waals surface area contributed by atoms with Crippen LogP contribution in [-0.2, 0) is 29.6 Å². The Morgan fingerprint density at radius 3 is 2.00 bits per heavy atom. The molecule has 0 aromatic carbocycles. The molecule has 0 unspecified atom stereocenters. The Balaban J connectivity index is 3.42. The van der Waals surface area contributed by atoms with Crippen molar-refractivity contribution in [1.29, 1.82) is 0 Å². The van der Waals surface area contributed by atoms with Gasteiger partial charge in [-0.05, 0) is 0 Å². The SMILES string of the molecule is Cn1ccn(C)[c]1=[Ag][I]. The molecule has 0 aliphatic rings. The first-order chi connectivity index (χ1) is 4.25. The van der Waals surface area contributed by atoms with Crippen molar-refractivity contribution in [2.45, 2.75) is 0 Å². The number of nitrogens with zero attached hydrogens (tertiary/aromatic N) is 2. The number of halogens is 1. The van der Waals surface area contributed by atoms with E-state index >= 15 is 0 Å². The molecule has 0 aliphatic heterocycles. The molecule has 0 bridgehead atoms. The van der Waals surface area contributed by atoms with E-state index in [4.69, 9.17) is 0 Å². The summed E-state index contributed by atoms with van der Waals surface area (Å²) < 4.78 is 5.66. The van der Waals surface area contributed by atoms with Gasteiger partial charge in [0, 0.05) is 0 Å². The Morgan fingerprint density at radius 2 is 1.78 bits per heavy atom. The van der Waals surface area contributed by atoms with E-state index < -0.39 is 0 Å². The maximum atomic E-state index is 2.39. The van der Waals surface area contributed by atoms with E-state index in [9.17, 15) is 0 Å². The fraction of sp³-hybridized carbons (Fsp3) is 0.400. The van der Waals surface area contributed by atoms with Crippen molar-refractivity contribution in [1.82, 2.24) is 9.13 Å². The van der Waals surface area contributed by atoms with Gasteiger partial charge in [-0.25, -0.2) is 0 Å². The average Bonchev–Trinajstić information content (AvgIpc) is 2.12. The van der Waals surface area contributed by atoms with Crippen molar-refractivity contribution in [3.8, 4) is 0 Å². The molecule has 0 atom stereocenters. The van der Waals surface area contributed by atoms with Crippen molar-refractivity contribution in [3.63, 3.8) is 0 Å². The van der Waals surface area contributed by atoms with E-state index in [0.29, 0.717) is 0 Å². The third kappa shape index (κ3) is 1.58. The van der Waals surface area contributed by atoms with Gasteiger partial charge >= 0.3 is 73.7 Å². The fourth-order valence-corrected chi connectivity index (χ4v) is 3.97. The molecule has 0 fully saturated rings. The van der Waals surface area contributed by atoms with Crippen LogP contribution in [-0.4, -0.2) is 9.13 Å². The van der Waals surface area contributed by atoms with Crippen molar-refractivity contribution < 1.29 is 15.5 Å². The van der Waals surface area contributed by atoms with Gasteiger partial charge in [-0.15, -0.1) is 0 Å². The number of hydrogen-bond donors (Lipinski definition) is 0. The Hall–Kier alpha value is 0.680. The molecule has 0 saturated carbocycles. The second-order valence-corrected chi connectivity index (χ2v) is 4.68. The molecule has 0 radical (unpaired) electrons. The van der Waals surface area contributed by atoms with Crippen LogP contribution in [0.1, 0.15) is 0 Å². The summed E-state index contributed by atoms with van der Waals surface area (Å²) in [5.41, 5.74) is 0. The monoisotopic (exact) mass is 330 g/mol. The molecule has 1 heterocycles.